The molecule has 0 unspecified atom stereocenters. The fourth-order valence-electron chi connectivity index (χ4n) is 7.47. The molecule has 4 aliphatic rings. The molecule has 2 heterocycles. The summed E-state index contributed by atoms with van der Waals surface area (Å²) in [7, 11) is -2.40. The number of halogens is 1. The minimum absolute atomic E-state index is 0.00311. The zero-order valence-electron chi connectivity index (χ0n) is 30.5. The summed E-state index contributed by atoms with van der Waals surface area (Å²) in [4.78, 5) is 61.4. The van der Waals surface area contributed by atoms with Crippen molar-refractivity contribution >= 4 is 45.4 Å². The number of hydrogen-bond donors (Lipinski definition) is 3. The number of amides is 4. The first-order chi connectivity index (χ1) is 25.0. The van der Waals surface area contributed by atoms with Crippen LogP contribution in [0.5, 0.6) is 0 Å². The smallest absolute Gasteiger partial charge is 0.408 e. The molecule has 1 aliphatic heterocycles. The number of carbonyl (C=O) groups is 4. The zero-order chi connectivity index (χ0) is 38.3. The van der Waals surface area contributed by atoms with E-state index < -0.39 is 73.6 Å². The Balaban J connectivity index is 1.31. The van der Waals surface area contributed by atoms with Crippen molar-refractivity contribution in [2.45, 2.75) is 107 Å². The van der Waals surface area contributed by atoms with Gasteiger partial charge in [0.05, 0.1) is 11.8 Å². The molecule has 6 rings (SSSR count). The van der Waals surface area contributed by atoms with Crippen molar-refractivity contribution in [2.24, 2.45) is 11.3 Å². The van der Waals surface area contributed by atoms with Gasteiger partial charge in [0.25, 0.3) is 5.91 Å². The first-order valence-electron chi connectivity index (χ1n) is 18.1. The van der Waals surface area contributed by atoms with Crippen LogP contribution in [0, 0.1) is 11.3 Å². The third-order valence-corrected chi connectivity index (χ3v) is 13.0. The van der Waals surface area contributed by atoms with Crippen LogP contribution in [-0.4, -0.2) is 84.7 Å². The van der Waals surface area contributed by atoms with Gasteiger partial charge in [-0.25, -0.2) is 18.2 Å². The minimum Gasteiger partial charge on any atom is -0.446 e. The molecule has 4 amide bonds. The number of benzene rings is 1. The van der Waals surface area contributed by atoms with Gasteiger partial charge in [-0.15, -0.1) is 6.58 Å². The van der Waals surface area contributed by atoms with Gasteiger partial charge < -0.3 is 25.0 Å². The van der Waals surface area contributed by atoms with Crippen LogP contribution >= 0.6 is 11.6 Å². The number of hydrogen-bond acceptors (Lipinski definition) is 9. The van der Waals surface area contributed by atoms with Gasteiger partial charge in [-0.1, -0.05) is 62.7 Å². The SMILES string of the molecule is C=C[C@@H]1C[C@]1(NC(=O)[C@@H]1C[C@@](OC)(c2ccc(-c3ccc(Cl)nc3)cc2)CN1C(=O)[C@@H](NC(=O)OC1CCCC1)C(C)(C)C)C(=O)NS(=O)(=O)C1CC1. The highest BCUT2D eigenvalue weighted by molar-refractivity contribution is 7.91. The normalized spacial score (nSPS) is 26.4. The molecule has 15 heteroatoms. The highest BCUT2D eigenvalue weighted by Crippen LogP contribution is 2.47. The van der Waals surface area contributed by atoms with Crippen molar-refractivity contribution in [3.05, 3.63) is 66.0 Å². The monoisotopic (exact) mass is 769 g/mol. The first-order valence-corrected chi connectivity index (χ1v) is 20.0. The maximum atomic E-state index is 14.7. The van der Waals surface area contributed by atoms with Gasteiger partial charge in [0.2, 0.25) is 21.8 Å². The van der Waals surface area contributed by atoms with Crippen molar-refractivity contribution in [1.82, 2.24) is 25.2 Å². The van der Waals surface area contributed by atoms with Crippen molar-refractivity contribution in [3.8, 4) is 11.1 Å². The second-order valence-electron chi connectivity index (χ2n) is 15.8. The number of methoxy groups -OCH3 is 1. The van der Waals surface area contributed by atoms with E-state index in [0.717, 1.165) is 36.8 Å². The summed E-state index contributed by atoms with van der Waals surface area (Å²) >= 11 is 5.99. The molecule has 0 radical (unpaired) electrons. The van der Waals surface area contributed by atoms with E-state index in [4.69, 9.17) is 21.1 Å². The summed E-state index contributed by atoms with van der Waals surface area (Å²) in [5, 5.41) is 5.34. The van der Waals surface area contributed by atoms with E-state index in [1.54, 1.807) is 12.3 Å². The summed E-state index contributed by atoms with van der Waals surface area (Å²) in [6.45, 7) is 9.15. The lowest BCUT2D eigenvalue weighted by Gasteiger charge is -2.36. The van der Waals surface area contributed by atoms with Gasteiger partial charge in [0.15, 0.2) is 0 Å². The molecular formula is C38H48ClN5O8S. The summed E-state index contributed by atoms with van der Waals surface area (Å²) in [5.74, 6) is -2.56. The molecule has 3 saturated carbocycles. The van der Waals surface area contributed by atoms with Crippen LogP contribution < -0.4 is 15.4 Å². The minimum atomic E-state index is -3.90. The van der Waals surface area contributed by atoms with Crippen LogP contribution in [0.4, 0.5) is 4.79 Å². The molecular weight excluding hydrogens is 722 g/mol. The molecule has 3 N–H and O–H groups in total. The van der Waals surface area contributed by atoms with Gasteiger partial charge in [-0.3, -0.25) is 19.1 Å². The van der Waals surface area contributed by atoms with E-state index in [1.165, 1.54) is 18.1 Å². The summed E-state index contributed by atoms with van der Waals surface area (Å²) in [5.41, 5.74) is -1.15. The van der Waals surface area contributed by atoms with Gasteiger partial charge in [0, 0.05) is 31.2 Å². The Hall–Kier alpha value is -4.01. The van der Waals surface area contributed by atoms with E-state index in [-0.39, 0.29) is 25.5 Å². The Morgan fingerprint density at radius 2 is 1.68 bits per heavy atom. The van der Waals surface area contributed by atoms with Crippen molar-refractivity contribution in [2.75, 3.05) is 13.7 Å². The van der Waals surface area contributed by atoms with Gasteiger partial charge in [-0.05, 0) is 73.6 Å². The van der Waals surface area contributed by atoms with Crippen LogP contribution in [0.2, 0.25) is 5.15 Å². The second kappa shape index (κ2) is 14.7. The predicted molar refractivity (Wildman–Crippen MR) is 198 cm³/mol. The van der Waals surface area contributed by atoms with Crippen LogP contribution in [-0.2, 0) is 39.5 Å². The van der Waals surface area contributed by atoms with Crippen LogP contribution in [0.15, 0.2) is 55.3 Å². The first kappa shape index (κ1) is 38.7. The number of sulfonamides is 1. The second-order valence-corrected chi connectivity index (χ2v) is 18.1. The summed E-state index contributed by atoms with van der Waals surface area (Å²) < 4.78 is 39.5. The molecule has 13 nitrogen and oxygen atoms in total. The Morgan fingerprint density at radius 3 is 2.23 bits per heavy atom. The number of aromatic nitrogens is 1. The number of rotatable bonds is 12. The third kappa shape index (κ3) is 8.09. The fraction of sp³-hybridized carbons (Fsp3) is 0.553. The zero-order valence-corrected chi connectivity index (χ0v) is 32.1. The molecule has 1 aromatic heterocycles. The third-order valence-electron chi connectivity index (χ3n) is 11.0. The highest BCUT2D eigenvalue weighted by atomic mass is 35.5. The Labute approximate surface area is 315 Å². The molecule has 1 aromatic carbocycles. The van der Waals surface area contributed by atoms with E-state index in [9.17, 15) is 27.6 Å². The highest BCUT2D eigenvalue weighted by Gasteiger charge is 2.62. The van der Waals surface area contributed by atoms with Crippen LogP contribution in [0.25, 0.3) is 11.1 Å². The van der Waals surface area contributed by atoms with Crippen LogP contribution in [0.3, 0.4) is 0 Å². The van der Waals surface area contributed by atoms with Gasteiger partial charge in [-0.2, -0.15) is 0 Å². The lowest BCUT2D eigenvalue weighted by Crippen LogP contribution is -2.60. The molecule has 0 bridgehead atoms. The number of likely N-dealkylation sites (tertiary alicyclic amines) is 1. The molecule has 53 heavy (non-hydrogen) atoms. The van der Waals surface area contributed by atoms with E-state index >= 15 is 0 Å². The molecule has 4 fully saturated rings. The average molecular weight is 770 g/mol. The molecule has 2 aromatic rings. The van der Waals surface area contributed by atoms with Gasteiger partial charge >= 0.3 is 6.09 Å². The summed E-state index contributed by atoms with van der Waals surface area (Å²) in [6.07, 6.45) is 6.71. The van der Waals surface area contributed by atoms with Gasteiger partial charge in [0.1, 0.15) is 34.5 Å². The molecule has 0 spiro atoms. The van der Waals surface area contributed by atoms with E-state index in [0.29, 0.717) is 23.6 Å². The van der Waals surface area contributed by atoms with Crippen molar-refractivity contribution in [1.29, 1.82) is 0 Å². The fourth-order valence-corrected chi connectivity index (χ4v) is 8.94. The molecule has 1 saturated heterocycles. The van der Waals surface area contributed by atoms with Crippen LogP contribution in [0.1, 0.15) is 77.7 Å². The molecule has 3 aliphatic carbocycles. The number of ether oxygens (including phenoxy) is 2. The number of carbonyl (C=O) groups excluding carboxylic acids is 4. The van der Waals surface area contributed by atoms with E-state index in [2.05, 4.69) is 26.9 Å². The van der Waals surface area contributed by atoms with E-state index in [1.807, 2.05) is 51.1 Å². The number of pyridine rings is 1. The number of nitrogens with zero attached hydrogens (tertiary/aromatic N) is 2. The van der Waals surface area contributed by atoms with Crippen molar-refractivity contribution in [3.63, 3.8) is 0 Å². The topological polar surface area (TPSA) is 173 Å². The maximum absolute atomic E-state index is 14.7. The lowest BCUT2D eigenvalue weighted by atomic mass is 9.85. The predicted octanol–water partition coefficient (Wildman–Crippen LogP) is 4.60. The maximum Gasteiger partial charge on any atom is 0.408 e. The van der Waals surface area contributed by atoms with Crippen molar-refractivity contribution < 1.29 is 37.1 Å². The lowest BCUT2D eigenvalue weighted by molar-refractivity contribution is -0.143. The summed E-state index contributed by atoms with van der Waals surface area (Å²) in [6, 6.07) is 8.77. The number of nitrogens with one attached hydrogen (secondary N) is 3. The quantitative estimate of drug-likeness (QED) is 0.206. The Kier molecular flexibility index (Phi) is 10.7. The molecule has 286 valence electrons. The standard InChI is InChI=1S/C38H48ClN5O8S/c1-6-25-19-38(25,34(47)43-53(49,50)28-16-17-28)42-32(45)29-20-37(51-5,26-14-11-23(12-15-26)24-13-18-30(39)40-21-24)22-44(29)33(46)31(36(2,3)4)41-35(48)52-27-9-7-8-10-27/h6,11-15,18,21,25,27-29,31H,1,7-10,16-17,19-20,22H2,2-5H3,(H,41,48)(H,42,45)(H,43,47)/t25-,29+,31-,37+,38-/m1/s1. The largest absolute Gasteiger partial charge is 0.446 e. The Bertz CT molecular complexity index is 1860. The Morgan fingerprint density at radius 1 is 1.02 bits per heavy atom. The average Bonchev–Trinajstić information content (AvgIpc) is 4.00. The molecule has 5 atom stereocenters. The number of alkyl carbamates (subject to hydrolysis) is 1.